The van der Waals surface area contributed by atoms with Crippen molar-refractivity contribution in [2.45, 2.75) is 24.3 Å². The fraction of sp³-hybridized carbons (Fsp3) is 0.211. The normalized spacial score (nSPS) is 12.5. The molecule has 0 aliphatic rings. The molecule has 0 saturated carbocycles. The number of hydrogen-bond acceptors (Lipinski definition) is 6. The lowest BCUT2D eigenvalue weighted by Crippen LogP contribution is -2.12. The third-order valence-corrected chi connectivity index (χ3v) is 5.16. The van der Waals surface area contributed by atoms with E-state index in [0.29, 0.717) is 10.8 Å². The van der Waals surface area contributed by atoms with Crippen molar-refractivity contribution in [3.05, 3.63) is 66.6 Å². The smallest absolute Gasteiger partial charge is 0.223 e. The SMILES string of the molecule is CCC(Nc1nccc(-c2cccnc2)n1)c1ccc(S(C)(=O)=O)cc1. The Bertz CT molecular complexity index is 974. The number of benzene rings is 1. The molecule has 0 aliphatic carbocycles. The first-order valence-corrected chi connectivity index (χ1v) is 10.2. The van der Waals surface area contributed by atoms with E-state index in [0.717, 1.165) is 23.2 Å². The predicted molar refractivity (Wildman–Crippen MR) is 101 cm³/mol. The summed E-state index contributed by atoms with van der Waals surface area (Å²) in [5, 5.41) is 3.32. The summed E-state index contributed by atoms with van der Waals surface area (Å²) in [5.74, 6) is 0.519. The van der Waals surface area contributed by atoms with Crippen molar-refractivity contribution in [1.82, 2.24) is 15.0 Å². The number of hydrogen-bond donors (Lipinski definition) is 1. The molecule has 3 aromatic rings. The van der Waals surface area contributed by atoms with Gasteiger partial charge in [-0.05, 0) is 42.3 Å². The van der Waals surface area contributed by atoms with E-state index in [-0.39, 0.29) is 6.04 Å². The van der Waals surface area contributed by atoms with Gasteiger partial charge in [0.2, 0.25) is 5.95 Å². The van der Waals surface area contributed by atoms with Crippen LogP contribution in [0.4, 0.5) is 5.95 Å². The Hall–Kier alpha value is -2.80. The fourth-order valence-electron chi connectivity index (χ4n) is 2.63. The van der Waals surface area contributed by atoms with E-state index in [1.165, 1.54) is 6.26 Å². The summed E-state index contributed by atoms with van der Waals surface area (Å²) in [7, 11) is -3.20. The first-order valence-electron chi connectivity index (χ1n) is 8.27. The number of sulfone groups is 1. The molecule has 1 N–H and O–H groups in total. The summed E-state index contributed by atoms with van der Waals surface area (Å²) in [6.07, 6.45) is 7.19. The van der Waals surface area contributed by atoms with Gasteiger partial charge in [-0.2, -0.15) is 0 Å². The Morgan fingerprint density at radius 3 is 2.46 bits per heavy atom. The first kappa shape index (κ1) is 18.0. The van der Waals surface area contributed by atoms with Gasteiger partial charge >= 0.3 is 0 Å². The zero-order chi connectivity index (χ0) is 18.6. The second-order valence-electron chi connectivity index (χ2n) is 5.95. The lowest BCUT2D eigenvalue weighted by Gasteiger charge is -2.18. The van der Waals surface area contributed by atoms with E-state index in [1.54, 1.807) is 30.7 Å². The van der Waals surface area contributed by atoms with Gasteiger partial charge in [-0.1, -0.05) is 19.1 Å². The van der Waals surface area contributed by atoms with Gasteiger partial charge in [-0.25, -0.2) is 18.4 Å². The van der Waals surface area contributed by atoms with Gasteiger partial charge in [0.15, 0.2) is 9.84 Å². The predicted octanol–water partition coefficient (Wildman–Crippen LogP) is 3.51. The summed E-state index contributed by atoms with van der Waals surface area (Å²) in [6.45, 7) is 2.05. The maximum atomic E-state index is 11.6. The molecule has 0 bridgehead atoms. The van der Waals surface area contributed by atoms with Crippen LogP contribution in [0.1, 0.15) is 24.9 Å². The molecular formula is C19H20N4O2S. The zero-order valence-electron chi connectivity index (χ0n) is 14.6. The molecule has 0 spiro atoms. The average Bonchev–Trinajstić information content (AvgIpc) is 2.66. The Labute approximate surface area is 153 Å². The van der Waals surface area contributed by atoms with Crippen LogP contribution in [0.3, 0.4) is 0 Å². The number of aromatic nitrogens is 3. The molecule has 0 amide bonds. The summed E-state index contributed by atoms with van der Waals surface area (Å²) in [4.78, 5) is 13.3. The van der Waals surface area contributed by atoms with Crippen molar-refractivity contribution < 1.29 is 8.42 Å². The zero-order valence-corrected chi connectivity index (χ0v) is 15.4. The van der Waals surface area contributed by atoms with Gasteiger partial charge in [0.1, 0.15) is 0 Å². The number of rotatable bonds is 6. The van der Waals surface area contributed by atoms with Gasteiger partial charge in [0, 0.05) is 30.4 Å². The third kappa shape index (κ3) is 4.23. The molecular weight excluding hydrogens is 348 g/mol. The Morgan fingerprint density at radius 2 is 1.85 bits per heavy atom. The van der Waals surface area contributed by atoms with Crippen LogP contribution in [0.2, 0.25) is 0 Å². The maximum absolute atomic E-state index is 11.6. The Balaban J connectivity index is 1.82. The highest BCUT2D eigenvalue weighted by Crippen LogP contribution is 2.23. The highest BCUT2D eigenvalue weighted by atomic mass is 32.2. The monoisotopic (exact) mass is 368 g/mol. The molecule has 1 aromatic carbocycles. The molecule has 7 heteroatoms. The summed E-state index contributed by atoms with van der Waals surface area (Å²) >= 11 is 0. The highest BCUT2D eigenvalue weighted by Gasteiger charge is 2.13. The molecule has 26 heavy (non-hydrogen) atoms. The van der Waals surface area contributed by atoms with Crippen LogP contribution < -0.4 is 5.32 Å². The van der Waals surface area contributed by atoms with Crippen LogP contribution in [0.15, 0.2) is 66.0 Å². The van der Waals surface area contributed by atoms with Crippen LogP contribution in [-0.4, -0.2) is 29.6 Å². The lowest BCUT2D eigenvalue weighted by molar-refractivity contribution is 0.601. The van der Waals surface area contributed by atoms with Crippen LogP contribution in [0.5, 0.6) is 0 Å². The molecule has 1 unspecified atom stereocenters. The van der Waals surface area contributed by atoms with Crippen molar-refractivity contribution in [3.63, 3.8) is 0 Å². The molecule has 2 aromatic heterocycles. The van der Waals surface area contributed by atoms with Crippen molar-refractivity contribution in [2.24, 2.45) is 0 Å². The fourth-order valence-corrected chi connectivity index (χ4v) is 3.26. The molecule has 1 atom stereocenters. The first-order chi connectivity index (χ1) is 12.5. The number of pyridine rings is 1. The molecule has 134 valence electrons. The molecule has 3 rings (SSSR count). The van der Waals surface area contributed by atoms with E-state index in [1.807, 2.05) is 37.3 Å². The van der Waals surface area contributed by atoms with E-state index >= 15 is 0 Å². The highest BCUT2D eigenvalue weighted by molar-refractivity contribution is 7.90. The molecule has 0 radical (unpaired) electrons. The van der Waals surface area contributed by atoms with Crippen molar-refractivity contribution in [1.29, 1.82) is 0 Å². The average molecular weight is 368 g/mol. The molecule has 2 heterocycles. The minimum Gasteiger partial charge on any atom is -0.347 e. The number of nitrogens with zero attached hydrogens (tertiary/aromatic N) is 3. The van der Waals surface area contributed by atoms with Gasteiger partial charge in [-0.3, -0.25) is 4.98 Å². The van der Waals surface area contributed by atoms with E-state index in [4.69, 9.17) is 0 Å². The molecule has 6 nitrogen and oxygen atoms in total. The molecule has 0 saturated heterocycles. The topological polar surface area (TPSA) is 84.8 Å². The van der Waals surface area contributed by atoms with Crippen LogP contribution >= 0.6 is 0 Å². The van der Waals surface area contributed by atoms with Crippen LogP contribution in [0, 0.1) is 0 Å². The standard InChI is InChI=1S/C19H20N4O2S/c1-3-17(14-6-8-16(9-7-14)26(2,24)25)22-19-21-12-10-18(23-19)15-5-4-11-20-13-15/h4-13,17H,3H2,1-2H3,(H,21,22,23). The largest absolute Gasteiger partial charge is 0.347 e. The Morgan fingerprint density at radius 1 is 1.08 bits per heavy atom. The quantitative estimate of drug-likeness (QED) is 0.717. The second-order valence-corrected chi connectivity index (χ2v) is 7.97. The lowest BCUT2D eigenvalue weighted by atomic mass is 10.1. The van der Waals surface area contributed by atoms with Crippen LogP contribution in [-0.2, 0) is 9.84 Å². The summed E-state index contributed by atoms with van der Waals surface area (Å²) < 4.78 is 23.2. The van der Waals surface area contributed by atoms with Crippen molar-refractivity contribution in [2.75, 3.05) is 11.6 Å². The van der Waals surface area contributed by atoms with Crippen LogP contribution in [0.25, 0.3) is 11.3 Å². The minimum absolute atomic E-state index is 0.0206. The minimum atomic E-state index is -3.20. The molecule has 0 aliphatic heterocycles. The summed E-state index contributed by atoms with van der Waals surface area (Å²) in [6, 6.07) is 12.5. The maximum Gasteiger partial charge on any atom is 0.223 e. The van der Waals surface area contributed by atoms with E-state index < -0.39 is 9.84 Å². The van der Waals surface area contributed by atoms with Gasteiger partial charge in [0.05, 0.1) is 16.6 Å². The second kappa shape index (κ2) is 7.61. The van der Waals surface area contributed by atoms with Gasteiger partial charge < -0.3 is 5.32 Å². The Kier molecular flexibility index (Phi) is 5.27. The van der Waals surface area contributed by atoms with E-state index in [2.05, 4.69) is 20.3 Å². The number of anilines is 1. The van der Waals surface area contributed by atoms with Crippen molar-refractivity contribution in [3.8, 4) is 11.3 Å². The van der Waals surface area contributed by atoms with E-state index in [9.17, 15) is 8.42 Å². The summed E-state index contributed by atoms with van der Waals surface area (Å²) in [5.41, 5.74) is 2.69. The molecule has 0 fully saturated rings. The number of nitrogens with one attached hydrogen (secondary N) is 1. The van der Waals surface area contributed by atoms with Gasteiger partial charge in [-0.15, -0.1) is 0 Å². The third-order valence-electron chi connectivity index (χ3n) is 4.04. The van der Waals surface area contributed by atoms with Gasteiger partial charge in [0.25, 0.3) is 0 Å². The van der Waals surface area contributed by atoms with Crippen molar-refractivity contribution >= 4 is 15.8 Å².